The van der Waals surface area contributed by atoms with E-state index < -0.39 is 11.7 Å². The maximum atomic E-state index is 13.1. The molecule has 5 nitrogen and oxygen atoms in total. The van der Waals surface area contributed by atoms with Crippen LogP contribution in [0.2, 0.25) is 10.0 Å². The summed E-state index contributed by atoms with van der Waals surface area (Å²) in [5.41, 5.74) is 1.05. The van der Waals surface area contributed by atoms with Gasteiger partial charge in [-0.2, -0.15) is 5.10 Å². The van der Waals surface area contributed by atoms with Crippen LogP contribution in [-0.2, 0) is 0 Å². The minimum absolute atomic E-state index is 0.0202. The Balaban J connectivity index is 1.97. The second kappa shape index (κ2) is 6.36. The summed E-state index contributed by atoms with van der Waals surface area (Å²) < 4.78 is 14.5. The van der Waals surface area contributed by atoms with Crippen molar-refractivity contribution in [3.63, 3.8) is 0 Å². The standard InChI is InChI=1S/C15H9Cl2FN4O/c16-11-2-1-3-13(14(11)22-8-19-7-20-22)21-15(23)10-5-4-9(18)6-12(10)17/h1-8H,(H,21,23). The molecule has 0 unspecified atom stereocenters. The molecule has 1 aromatic heterocycles. The van der Waals surface area contributed by atoms with Crippen molar-refractivity contribution in [2.75, 3.05) is 5.32 Å². The molecular formula is C15H9Cl2FN4O. The summed E-state index contributed by atoms with van der Waals surface area (Å²) in [6.45, 7) is 0. The number of aromatic nitrogens is 3. The van der Waals surface area contributed by atoms with Crippen molar-refractivity contribution < 1.29 is 9.18 Å². The lowest BCUT2D eigenvalue weighted by atomic mass is 10.2. The Bertz CT molecular complexity index is 868. The monoisotopic (exact) mass is 350 g/mol. The lowest BCUT2D eigenvalue weighted by molar-refractivity contribution is 0.102. The van der Waals surface area contributed by atoms with Gasteiger partial charge in [0.25, 0.3) is 5.91 Å². The van der Waals surface area contributed by atoms with Gasteiger partial charge in [-0.15, -0.1) is 0 Å². The predicted molar refractivity (Wildman–Crippen MR) is 85.7 cm³/mol. The fraction of sp³-hybridized carbons (Fsp3) is 0. The van der Waals surface area contributed by atoms with Crippen LogP contribution in [0, 0.1) is 5.82 Å². The van der Waals surface area contributed by atoms with E-state index in [0.717, 1.165) is 12.1 Å². The predicted octanol–water partition coefficient (Wildman–Crippen LogP) is 3.97. The van der Waals surface area contributed by atoms with Crippen molar-refractivity contribution in [3.05, 3.63) is 70.5 Å². The molecule has 3 aromatic rings. The van der Waals surface area contributed by atoms with Crippen molar-refractivity contribution in [2.24, 2.45) is 0 Å². The van der Waals surface area contributed by atoms with Crippen LogP contribution in [-0.4, -0.2) is 20.7 Å². The van der Waals surface area contributed by atoms with Crippen molar-refractivity contribution in [1.29, 1.82) is 0 Å². The molecule has 1 heterocycles. The number of benzene rings is 2. The molecule has 0 saturated carbocycles. The maximum Gasteiger partial charge on any atom is 0.257 e. The summed E-state index contributed by atoms with van der Waals surface area (Å²) in [5, 5.41) is 7.12. The molecule has 23 heavy (non-hydrogen) atoms. The van der Waals surface area contributed by atoms with E-state index in [-0.39, 0.29) is 10.6 Å². The van der Waals surface area contributed by atoms with Crippen LogP contribution in [0.1, 0.15) is 10.4 Å². The van der Waals surface area contributed by atoms with Gasteiger partial charge in [0.1, 0.15) is 24.2 Å². The number of nitrogens with zero attached hydrogens (tertiary/aromatic N) is 3. The van der Waals surface area contributed by atoms with Gasteiger partial charge in [-0.25, -0.2) is 14.1 Å². The lowest BCUT2D eigenvalue weighted by Crippen LogP contribution is -2.15. The molecule has 0 aliphatic carbocycles. The molecule has 116 valence electrons. The van der Waals surface area contributed by atoms with E-state index in [0.29, 0.717) is 16.4 Å². The van der Waals surface area contributed by atoms with Crippen molar-refractivity contribution in [2.45, 2.75) is 0 Å². The molecule has 0 bridgehead atoms. The molecule has 0 atom stereocenters. The Hall–Kier alpha value is -2.44. The minimum Gasteiger partial charge on any atom is -0.320 e. The number of hydrogen-bond acceptors (Lipinski definition) is 3. The van der Waals surface area contributed by atoms with Crippen LogP contribution < -0.4 is 5.32 Å². The van der Waals surface area contributed by atoms with E-state index in [1.807, 2.05) is 0 Å². The molecule has 0 aliphatic rings. The highest BCUT2D eigenvalue weighted by molar-refractivity contribution is 6.35. The van der Waals surface area contributed by atoms with E-state index in [2.05, 4.69) is 15.4 Å². The lowest BCUT2D eigenvalue weighted by Gasteiger charge is -2.13. The highest BCUT2D eigenvalue weighted by atomic mass is 35.5. The SMILES string of the molecule is O=C(Nc1cccc(Cl)c1-n1cncn1)c1ccc(F)cc1Cl. The van der Waals surface area contributed by atoms with Gasteiger partial charge in [0.05, 0.1) is 21.3 Å². The fourth-order valence-corrected chi connectivity index (χ4v) is 2.55. The Kier molecular flexibility index (Phi) is 4.27. The summed E-state index contributed by atoms with van der Waals surface area (Å²) in [4.78, 5) is 16.2. The second-order valence-corrected chi connectivity index (χ2v) is 5.37. The zero-order valence-corrected chi connectivity index (χ0v) is 13.0. The number of nitrogens with one attached hydrogen (secondary N) is 1. The van der Waals surface area contributed by atoms with Crippen LogP contribution in [0.5, 0.6) is 0 Å². The average Bonchev–Trinajstić information content (AvgIpc) is 3.01. The summed E-state index contributed by atoms with van der Waals surface area (Å²) >= 11 is 12.1. The fourth-order valence-electron chi connectivity index (χ4n) is 2.04. The molecule has 0 aliphatic heterocycles. The molecule has 0 radical (unpaired) electrons. The number of rotatable bonds is 3. The van der Waals surface area contributed by atoms with Gasteiger partial charge < -0.3 is 5.32 Å². The maximum absolute atomic E-state index is 13.1. The highest BCUT2D eigenvalue weighted by Crippen LogP contribution is 2.28. The molecule has 3 rings (SSSR count). The third-order valence-corrected chi connectivity index (χ3v) is 3.68. The summed E-state index contributed by atoms with van der Waals surface area (Å²) in [5.74, 6) is -1.00. The molecule has 0 saturated heterocycles. The first-order chi connectivity index (χ1) is 11.1. The Labute approximate surface area is 140 Å². The van der Waals surface area contributed by atoms with Gasteiger partial charge >= 0.3 is 0 Å². The Morgan fingerprint density at radius 1 is 1.17 bits per heavy atom. The number of amides is 1. The molecule has 8 heteroatoms. The van der Waals surface area contributed by atoms with Gasteiger partial charge in [-0.1, -0.05) is 29.3 Å². The van der Waals surface area contributed by atoms with Crippen LogP contribution in [0.25, 0.3) is 5.69 Å². The van der Waals surface area contributed by atoms with E-state index in [1.165, 1.54) is 23.4 Å². The van der Waals surface area contributed by atoms with Crippen LogP contribution >= 0.6 is 23.2 Å². The van der Waals surface area contributed by atoms with Crippen molar-refractivity contribution in [1.82, 2.24) is 14.8 Å². The minimum atomic E-state index is -0.516. The third kappa shape index (κ3) is 3.18. The van der Waals surface area contributed by atoms with E-state index in [1.54, 1.807) is 18.2 Å². The second-order valence-electron chi connectivity index (χ2n) is 4.55. The van der Waals surface area contributed by atoms with Crippen molar-refractivity contribution in [3.8, 4) is 5.69 Å². The first kappa shape index (κ1) is 15.5. The van der Waals surface area contributed by atoms with Gasteiger partial charge in [0.15, 0.2) is 0 Å². The quantitative estimate of drug-likeness (QED) is 0.777. The molecule has 1 N–H and O–H groups in total. The van der Waals surface area contributed by atoms with E-state index >= 15 is 0 Å². The number of anilines is 1. The summed E-state index contributed by atoms with van der Waals surface area (Å²) in [6, 6.07) is 8.57. The van der Waals surface area contributed by atoms with Gasteiger partial charge in [-0.05, 0) is 30.3 Å². The number of carbonyl (C=O) groups is 1. The summed E-state index contributed by atoms with van der Waals surface area (Å²) in [6.07, 6.45) is 2.81. The van der Waals surface area contributed by atoms with E-state index in [4.69, 9.17) is 23.2 Å². The largest absolute Gasteiger partial charge is 0.320 e. The van der Waals surface area contributed by atoms with E-state index in [9.17, 15) is 9.18 Å². The molecule has 1 amide bonds. The van der Waals surface area contributed by atoms with Gasteiger partial charge in [0.2, 0.25) is 0 Å². The summed E-state index contributed by atoms with van der Waals surface area (Å²) in [7, 11) is 0. The first-order valence-corrected chi connectivity index (χ1v) is 7.22. The molecule has 0 spiro atoms. The van der Waals surface area contributed by atoms with Crippen molar-refractivity contribution >= 4 is 34.8 Å². The zero-order valence-electron chi connectivity index (χ0n) is 11.5. The molecular weight excluding hydrogens is 342 g/mol. The Morgan fingerprint density at radius 3 is 2.70 bits per heavy atom. The normalized spacial score (nSPS) is 10.6. The first-order valence-electron chi connectivity index (χ1n) is 6.46. The van der Waals surface area contributed by atoms with Gasteiger partial charge in [0, 0.05) is 0 Å². The van der Waals surface area contributed by atoms with Crippen LogP contribution in [0.4, 0.5) is 10.1 Å². The van der Waals surface area contributed by atoms with Gasteiger partial charge in [-0.3, -0.25) is 4.79 Å². The highest BCUT2D eigenvalue weighted by Gasteiger charge is 2.16. The molecule has 2 aromatic carbocycles. The number of hydrogen-bond donors (Lipinski definition) is 1. The smallest absolute Gasteiger partial charge is 0.257 e. The average molecular weight is 351 g/mol. The van der Waals surface area contributed by atoms with Crippen LogP contribution in [0.15, 0.2) is 49.1 Å². The molecule has 0 fully saturated rings. The zero-order chi connectivity index (χ0) is 16.4. The number of halogens is 3. The third-order valence-electron chi connectivity index (χ3n) is 3.06. The van der Waals surface area contributed by atoms with Crippen LogP contribution in [0.3, 0.4) is 0 Å². The Morgan fingerprint density at radius 2 is 2.00 bits per heavy atom. The topological polar surface area (TPSA) is 59.8 Å². The number of para-hydroxylation sites is 1. The number of carbonyl (C=O) groups excluding carboxylic acids is 1.